The molecule has 1 heterocycles. The van der Waals surface area contributed by atoms with Gasteiger partial charge >= 0.3 is 0 Å². The van der Waals surface area contributed by atoms with Crippen LogP contribution in [0.2, 0.25) is 0 Å². The van der Waals surface area contributed by atoms with Crippen LogP contribution in [0.15, 0.2) is 42.5 Å². The first kappa shape index (κ1) is 23.2. The number of amides is 2. The number of hydrogen-bond donors (Lipinski definition) is 1. The lowest BCUT2D eigenvalue weighted by molar-refractivity contribution is -0.122. The van der Waals surface area contributed by atoms with Crippen LogP contribution in [-0.2, 0) is 16.1 Å². The zero-order valence-electron chi connectivity index (χ0n) is 19.4. The fourth-order valence-corrected chi connectivity index (χ4v) is 4.40. The van der Waals surface area contributed by atoms with Gasteiger partial charge < -0.3 is 19.9 Å². The molecule has 1 atom stereocenters. The molecule has 176 valence electrons. The first-order chi connectivity index (χ1) is 15.9. The minimum absolute atomic E-state index is 0.0354. The highest BCUT2D eigenvalue weighted by atomic mass is 19.1. The van der Waals surface area contributed by atoms with Crippen LogP contribution in [0.4, 0.5) is 15.8 Å². The van der Waals surface area contributed by atoms with Gasteiger partial charge in [-0.15, -0.1) is 0 Å². The van der Waals surface area contributed by atoms with Gasteiger partial charge in [-0.05, 0) is 67.6 Å². The van der Waals surface area contributed by atoms with Gasteiger partial charge in [0.2, 0.25) is 5.91 Å². The summed E-state index contributed by atoms with van der Waals surface area (Å²) in [6.07, 6.45) is 4.80. The molecule has 4 rings (SSSR count). The maximum Gasteiger partial charge on any atom is 0.254 e. The number of benzene rings is 2. The van der Waals surface area contributed by atoms with E-state index in [2.05, 4.69) is 5.32 Å². The topological polar surface area (TPSA) is 61.9 Å². The number of ether oxygens (including phenoxy) is 1. The van der Waals surface area contributed by atoms with Crippen molar-refractivity contribution >= 4 is 23.2 Å². The van der Waals surface area contributed by atoms with E-state index in [1.54, 1.807) is 17.0 Å². The molecule has 0 unspecified atom stereocenters. The fraction of sp³-hybridized carbons (Fsp3) is 0.462. The third-order valence-corrected chi connectivity index (χ3v) is 6.47. The van der Waals surface area contributed by atoms with Gasteiger partial charge in [0, 0.05) is 56.6 Å². The van der Waals surface area contributed by atoms with Crippen molar-refractivity contribution in [2.24, 2.45) is 5.92 Å². The summed E-state index contributed by atoms with van der Waals surface area (Å²) in [5, 5.41) is 3.03. The van der Waals surface area contributed by atoms with Crippen molar-refractivity contribution in [2.75, 3.05) is 37.5 Å². The van der Waals surface area contributed by atoms with Crippen LogP contribution < -0.4 is 10.2 Å². The molecular weight excluding hydrogens is 421 g/mol. The quantitative estimate of drug-likeness (QED) is 0.642. The molecule has 1 aliphatic carbocycles. The van der Waals surface area contributed by atoms with Crippen molar-refractivity contribution in [2.45, 2.75) is 44.8 Å². The highest BCUT2D eigenvalue weighted by Gasteiger charge is 2.27. The maximum absolute atomic E-state index is 13.8. The monoisotopic (exact) mass is 453 g/mol. The summed E-state index contributed by atoms with van der Waals surface area (Å²) in [7, 11) is 3.90. The molecule has 1 saturated carbocycles. The summed E-state index contributed by atoms with van der Waals surface area (Å²) in [6, 6.07) is 11.6. The third kappa shape index (κ3) is 5.71. The van der Waals surface area contributed by atoms with E-state index in [1.165, 1.54) is 12.1 Å². The van der Waals surface area contributed by atoms with E-state index in [-0.39, 0.29) is 23.8 Å². The zero-order chi connectivity index (χ0) is 23.4. The first-order valence-electron chi connectivity index (χ1n) is 11.7. The van der Waals surface area contributed by atoms with Crippen molar-refractivity contribution in [1.29, 1.82) is 0 Å². The van der Waals surface area contributed by atoms with Gasteiger partial charge in [-0.25, -0.2) is 4.39 Å². The molecule has 0 spiro atoms. The summed E-state index contributed by atoms with van der Waals surface area (Å²) < 4.78 is 19.6. The molecule has 0 bridgehead atoms. The predicted octanol–water partition coefficient (Wildman–Crippen LogP) is 4.45. The number of nitrogens with one attached hydrogen (secondary N) is 1. The van der Waals surface area contributed by atoms with Gasteiger partial charge in [-0.3, -0.25) is 9.59 Å². The van der Waals surface area contributed by atoms with E-state index in [1.807, 2.05) is 37.2 Å². The third-order valence-electron chi connectivity index (χ3n) is 6.47. The molecule has 2 fully saturated rings. The van der Waals surface area contributed by atoms with Gasteiger partial charge in [-0.2, -0.15) is 0 Å². The van der Waals surface area contributed by atoms with Crippen LogP contribution in [0.5, 0.6) is 0 Å². The number of halogens is 1. The predicted molar refractivity (Wildman–Crippen MR) is 127 cm³/mol. The van der Waals surface area contributed by atoms with Crippen LogP contribution in [0.1, 0.15) is 48.0 Å². The van der Waals surface area contributed by atoms with E-state index >= 15 is 0 Å². The molecule has 2 aliphatic rings. The van der Waals surface area contributed by atoms with Crippen LogP contribution in [0, 0.1) is 11.7 Å². The fourth-order valence-electron chi connectivity index (χ4n) is 4.40. The molecule has 0 radical (unpaired) electrons. The number of rotatable bonds is 8. The number of nitrogens with zero attached hydrogens (tertiary/aromatic N) is 2. The lowest BCUT2D eigenvalue weighted by atomic mass is 9.85. The SMILES string of the molecule is CN(C)c1ccc(NC(=O)C2CCC2)cc1CN(C[C@@H]1CCCO1)C(=O)c1cccc(F)c1. The molecule has 0 aromatic heterocycles. The molecule has 33 heavy (non-hydrogen) atoms. The molecule has 7 heteroatoms. The Morgan fingerprint density at radius 1 is 1.09 bits per heavy atom. The second-order valence-corrected chi connectivity index (χ2v) is 9.19. The largest absolute Gasteiger partial charge is 0.377 e. The molecule has 2 aromatic carbocycles. The van der Waals surface area contributed by atoms with Gasteiger partial charge in [-0.1, -0.05) is 12.5 Å². The lowest BCUT2D eigenvalue weighted by Gasteiger charge is -2.29. The number of anilines is 2. The number of carbonyl (C=O) groups excluding carboxylic acids is 2. The minimum Gasteiger partial charge on any atom is -0.377 e. The smallest absolute Gasteiger partial charge is 0.254 e. The van der Waals surface area contributed by atoms with E-state index in [9.17, 15) is 14.0 Å². The number of carbonyl (C=O) groups is 2. The van der Waals surface area contributed by atoms with Crippen LogP contribution >= 0.6 is 0 Å². The van der Waals surface area contributed by atoms with Gasteiger partial charge in [0.05, 0.1) is 6.10 Å². The highest BCUT2D eigenvalue weighted by Crippen LogP contribution is 2.30. The Kier molecular flexibility index (Phi) is 7.28. The summed E-state index contributed by atoms with van der Waals surface area (Å²) in [6.45, 7) is 1.45. The molecule has 6 nitrogen and oxygen atoms in total. The van der Waals surface area contributed by atoms with E-state index < -0.39 is 5.82 Å². The van der Waals surface area contributed by atoms with Crippen molar-refractivity contribution in [3.63, 3.8) is 0 Å². The average Bonchev–Trinajstić information content (AvgIpc) is 3.24. The molecule has 1 saturated heterocycles. The van der Waals surface area contributed by atoms with Gasteiger partial charge in [0.25, 0.3) is 5.91 Å². The Balaban J connectivity index is 1.60. The normalized spacial score (nSPS) is 18.0. The highest BCUT2D eigenvalue weighted by molar-refractivity contribution is 5.95. The maximum atomic E-state index is 13.8. The Labute approximate surface area is 194 Å². The van der Waals surface area contributed by atoms with Crippen LogP contribution in [0.3, 0.4) is 0 Å². The summed E-state index contributed by atoms with van der Waals surface area (Å²) in [5.41, 5.74) is 2.91. The minimum atomic E-state index is -0.437. The van der Waals surface area contributed by atoms with Crippen molar-refractivity contribution in [3.8, 4) is 0 Å². The molecule has 1 N–H and O–H groups in total. The lowest BCUT2D eigenvalue weighted by Crippen LogP contribution is -2.37. The standard InChI is InChI=1S/C26H32FN3O3/c1-29(2)24-12-11-22(28-25(31)18-6-3-7-18)15-20(24)16-30(17-23-10-5-13-33-23)26(32)19-8-4-9-21(27)14-19/h4,8-9,11-12,14-15,18,23H,3,5-7,10,13,16-17H2,1-2H3,(H,28,31)/t23-/m0/s1. The van der Waals surface area contributed by atoms with Gasteiger partial charge in [0.15, 0.2) is 0 Å². The molecule has 2 aromatic rings. The molecular formula is C26H32FN3O3. The van der Waals surface area contributed by atoms with E-state index in [4.69, 9.17) is 4.74 Å². The van der Waals surface area contributed by atoms with E-state index in [0.717, 1.165) is 49.0 Å². The second kappa shape index (κ2) is 10.3. The van der Waals surface area contributed by atoms with Crippen LogP contribution in [0.25, 0.3) is 0 Å². The first-order valence-corrected chi connectivity index (χ1v) is 11.7. The second-order valence-electron chi connectivity index (χ2n) is 9.19. The zero-order valence-corrected chi connectivity index (χ0v) is 19.4. The van der Waals surface area contributed by atoms with Crippen molar-refractivity contribution in [3.05, 3.63) is 59.4 Å². The Morgan fingerprint density at radius 3 is 2.55 bits per heavy atom. The summed E-state index contributed by atoms with van der Waals surface area (Å²) in [5.74, 6) is -0.532. The summed E-state index contributed by atoms with van der Waals surface area (Å²) >= 11 is 0. The summed E-state index contributed by atoms with van der Waals surface area (Å²) in [4.78, 5) is 29.6. The Morgan fingerprint density at radius 2 is 1.91 bits per heavy atom. The average molecular weight is 454 g/mol. The van der Waals surface area contributed by atoms with Crippen molar-refractivity contribution < 1.29 is 18.7 Å². The molecule has 2 amide bonds. The Hall–Kier alpha value is -2.93. The van der Waals surface area contributed by atoms with Crippen LogP contribution in [-0.4, -0.2) is 50.1 Å². The van der Waals surface area contributed by atoms with E-state index in [0.29, 0.717) is 25.3 Å². The Bertz CT molecular complexity index is 1000. The van der Waals surface area contributed by atoms with Gasteiger partial charge in [0.1, 0.15) is 5.82 Å². The van der Waals surface area contributed by atoms with Crippen molar-refractivity contribution in [1.82, 2.24) is 4.90 Å². The number of hydrogen-bond acceptors (Lipinski definition) is 4. The molecule has 1 aliphatic heterocycles.